The zero-order chi connectivity index (χ0) is 27.9. The summed E-state index contributed by atoms with van der Waals surface area (Å²) in [5, 5.41) is 0. The van der Waals surface area contributed by atoms with Crippen molar-refractivity contribution >= 4 is 41.6 Å². The fraction of sp³-hybridized carbons (Fsp3) is 1.00. The van der Waals surface area contributed by atoms with Crippen LogP contribution in [0.1, 0.15) is 39.5 Å². The van der Waals surface area contributed by atoms with Crippen molar-refractivity contribution < 1.29 is 196 Å². The first-order valence-electron chi connectivity index (χ1n) is 10.0. The van der Waals surface area contributed by atoms with E-state index in [1.54, 1.807) is 0 Å². The second kappa shape index (κ2) is 22.1. The topological polar surface area (TPSA) is 284 Å². The Balaban J connectivity index is -0.00000162. The average molecular weight is 701 g/mol. The average Bonchev–Trinajstić information content (AvgIpc) is 2.65. The van der Waals surface area contributed by atoms with Crippen molar-refractivity contribution in [1.82, 2.24) is 0 Å². The predicted octanol–water partition coefficient (Wildman–Crippen LogP) is -14.0. The van der Waals surface area contributed by atoms with Crippen LogP contribution in [0.5, 0.6) is 0 Å². The first-order chi connectivity index (χ1) is 16.2. The van der Waals surface area contributed by atoms with E-state index in [0.29, 0.717) is 25.7 Å². The van der Waals surface area contributed by atoms with Crippen molar-refractivity contribution in [2.45, 2.75) is 70.2 Å². The summed E-state index contributed by atoms with van der Waals surface area (Å²) in [5.41, 5.74) is 0. The molecule has 0 aromatic heterocycles. The molecule has 0 aromatic carbocycles. The van der Waals surface area contributed by atoms with Crippen LogP contribution in [-0.2, 0) is 67.8 Å². The van der Waals surface area contributed by atoms with Crippen LogP contribution < -0.4 is 118 Å². The van der Waals surface area contributed by atoms with E-state index in [0.717, 1.165) is 0 Å². The van der Waals surface area contributed by atoms with Gasteiger partial charge in [0, 0.05) is 0 Å². The van der Waals surface area contributed by atoms with E-state index in [9.17, 15) is 51.9 Å². The van der Waals surface area contributed by atoms with Crippen molar-refractivity contribution in [2.75, 3.05) is 13.2 Å². The van der Waals surface area contributed by atoms with Gasteiger partial charge in [0.15, 0.2) is 12.4 Å². The predicted molar refractivity (Wildman–Crippen MR) is 107 cm³/mol. The van der Waals surface area contributed by atoms with Crippen molar-refractivity contribution in [1.29, 1.82) is 0 Å². The molecule has 0 unspecified atom stereocenters. The SMILES string of the molecule is CCCC(CCC)CO[C@@H]1O[C@H](COS(=O)(=O)[O-])[C@H](OS(=O)(=O)[O-])[C@H](OS(=O)(=O)[O-])[C@H]1OS(=O)(=O)[O-].[Na+].[Na+].[Na+].[Na+]. The molecule has 0 saturated carbocycles. The van der Waals surface area contributed by atoms with E-state index >= 15 is 0 Å². The van der Waals surface area contributed by atoms with Crippen LogP contribution in [0.25, 0.3) is 0 Å². The summed E-state index contributed by atoms with van der Waals surface area (Å²) in [6.45, 7) is 1.97. The summed E-state index contributed by atoms with van der Waals surface area (Å²) in [6.07, 6.45) is -9.89. The van der Waals surface area contributed by atoms with Gasteiger partial charge in [0.2, 0.25) is 41.6 Å². The molecule has 1 saturated heterocycles. The minimum atomic E-state index is -5.88. The summed E-state index contributed by atoms with van der Waals surface area (Å²) >= 11 is 0. The van der Waals surface area contributed by atoms with Crippen LogP contribution in [0, 0.1) is 5.92 Å². The van der Waals surface area contributed by atoms with Gasteiger partial charge in [-0.15, -0.1) is 0 Å². The van der Waals surface area contributed by atoms with Crippen molar-refractivity contribution in [2.24, 2.45) is 5.92 Å². The third kappa shape index (κ3) is 22.0. The van der Waals surface area contributed by atoms with Crippen molar-refractivity contribution in [3.05, 3.63) is 0 Å². The van der Waals surface area contributed by atoms with Gasteiger partial charge < -0.3 is 27.7 Å². The van der Waals surface area contributed by atoms with Crippen molar-refractivity contribution in [3.8, 4) is 0 Å². The summed E-state index contributed by atoms with van der Waals surface area (Å²) in [4.78, 5) is 0. The molecule has 1 heterocycles. The van der Waals surface area contributed by atoms with Gasteiger partial charge in [-0.2, -0.15) is 0 Å². The molecule has 0 N–H and O–H groups in total. The third-order valence-corrected chi connectivity index (χ3v) is 6.34. The van der Waals surface area contributed by atoms with Gasteiger partial charge in [-0.1, -0.05) is 26.7 Å². The molecule has 0 spiro atoms. The first-order valence-corrected chi connectivity index (χ1v) is 15.4. The molecular formula is C14H24Na4O18S4. The maximum atomic E-state index is 11.3. The Hall–Kier alpha value is 3.40. The quantitative estimate of drug-likeness (QED) is 0.0820. The van der Waals surface area contributed by atoms with E-state index in [1.165, 1.54) is 0 Å². The molecule has 26 heteroatoms. The van der Waals surface area contributed by atoms with Crippen LogP contribution in [0.3, 0.4) is 0 Å². The Kier molecular flexibility index (Phi) is 27.7. The van der Waals surface area contributed by atoms with Crippen LogP contribution in [0.2, 0.25) is 0 Å². The smallest absolute Gasteiger partial charge is 0.726 e. The minimum Gasteiger partial charge on any atom is -0.726 e. The summed E-state index contributed by atoms with van der Waals surface area (Å²) in [6, 6.07) is 0. The van der Waals surface area contributed by atoms with Gasteiger partial charge in [-0.3, -0.25) is 16.7 Å². The van der Waals surface area contributed by atoms with Crippen molar-refractivity contribution in [3.63, 3.8) is 0 Å². The fourth-order valence-corrected chi connectivity index (χ4v) is 5.16. The molecular weight excluding hydrogens is 676 g/mol. The molecule has 1 aliphatic heterocycles. The van der Waals surface area contributed by atoms with Crippen LogP contribution >= 0.6 is 0 Å². The molecule has 1 aliphatic rings. The molecule has 0 aliphatic carbocycles. The van der Waals surface area contributed by atoms with Gasteiger partial charge >= 0.3 is 118 Å². The molecule has 1 fully saturated rings. The standard InChI is InChI=1S/C14H28O18S4.4Na/c1-3-5-9(6-4-2)7-27-14-13(32-36(24,25)26)12(31-35(21,22)23)11(30-34(18,19)20)10(29-14)8-28-33(15,16)17;;;;/h9-14H,3-8H2,1-2H3,(H,15,16,17)(H,18,19,20)(H,21,22,23)(H,24,25,26);;;;/q;4*+1/p-4/t10-,11+,12+,13-,14-;;;;/m1..../s1. The molecule has 5 atom stereocenters. The van der Waals surface area contributed by atoms with E-state index in [1.807, 2.05) is 13.8 Å². The zero-order valence-corrected chi connectivity index (χ0v) is 34.0. The number of ether oxygens (including phenoxy) is 2. The molecule has 40 heavy (non-hydrogen) atoms. The monoisotopic (exact) mass is 700 g/mol. The first kappa shape index (κ1) is 50.3. The summed E-state index contributed by atoms with van der Waals surface area (Å²) in [5.74, 6) is -0.205. The van der Waals surface area contributed by atoms with E-state index in [2.05, 4.69) is 16.7 Å². The Bertz CT molecular complexity index is 1130. The largest absolute Gasteiger partial charge is 1.00 e. The van der Waals surface area contributed by atoms with Gasteiger partial charge in [0.05, 0.1) is 13.2 Å². The number of rotatable bonds is 16. The third-order valence-electron chi connectivity index (χ3n) is 4.54. The maximum Gasteiger partial charge on any atom is 1.00 e. The van der Waals surface area contributed by atoms with Gasteiger partial charge in [0.25, 0.3) is 0 Å². The molecule has 0 aromatic rings. The van der Waals surface area contributed by atoms with Crippen LogP contribution in [-0.4, -0.2) is 95.8 Å². The second-order valence-corrected chi connectivity index (χ2v) is 11.5. The van der Waals surface area contributed by atoms with E-state index in [-0.39, 0.29) is 131 Å². The minimum absolute atomic E-state index is 0. The molecule has 0 amide bonds. The van der Waals surface area contributed by atoms with Gasteiger partial charge in [-0.25, -0.2) is 33.7 Å². The normalized spacial score (nSPS) is 23.7. The Morgan fingerprint density at radius 1 is 0.650 bits per heavy atom. The molecule has 1 rings (SSSR count). The summed E-state index contributed by atoms with van der Waals surface area (Å²) < 4.78 is 161. The number of hydrogen-bond donors (Lipinski definition) is 0. The maximum absolute atomic E-state index is 11.3. The molecule has 0 bridgehead atoms. The van der Waals surface area contributed by atoms with Gasteiger partial charge in [-0.05, 0) is 18.8 Å². The van der Waals surface area contributed by atoms with Crippen LogP contribution in [0.4, 0.5) is 0 Å². The summed E-state index contributed by atoms with van der Waals surface area (Å²) in [7, 11) is -23.0. The Labute approximate surface area is 322 Å². The fourth-order valence-electron chi connectivity index (χ4n) is 3.39. The Morgan fingerprint density at radius 2 is 1.05 bits per heavy atom. The van der Waals surface area contributed by atoms with E-state index < -0.39 is 78.9 Å². The van der Waals surface area contributed by atoms with E-state index in [4.69, 9.17) is 9.47 Å². The molecule has 18 nitrogen and oxygen atoms in total. The Morgan fingerprint density at radius 3 is 1.43 bits per heavy atom. The zero-order valence-electron chi connectivity index (χ0n) is 22.7. The van der Waals surface area contributed by atoms with Gasteiger partial charge in [0.1, 0.15) is 18.3 Å². The van der Waals surface area contributed by atoms with Crippen LogP contribution in [0.15, 0.2) is 0 Å². The molecule has 216 valence electrons. The molecule has 0 radical (unpaired) electrons. The second-order valence-electron chi connectivity index (χ2n) is 7.42. The number of hydrogen-bond acceptors (Lipinski definition) is 18.